The van der Waals surface area contributed by atoms with Gasteiger partial charge in [0.15, 0.2) is 6.29 Å². The molecule has 1 aromatic rings. The molecule has 2 unspecified atom stereocenters. The van der Waals surface area contributed by atoms with Crippen LogP contribution in [0.3, 0.4) is 0 Å². The molecule has 0 heterocycles. The average molecular weight is 283 g/mol. The van der Waals surface area contributed by atoms with Gasteiger partial charge in [-0.25, -0.2) is 0 Å². The molecule has 2 atom stereocenters. The molecule has 0 radical (unpaired) electrons. The van der Waals surface area contributed by atoms with Gasteiger partial charge in [-0.2, -0.15) is 0 Å². The second-order valence-corrected chi connectivity index (χ2v) is 3.99. The highest BCUT2D eigenvalue weighted by Crippen LogP contribution is 2.25. The van der Waals surface area contributed by atoms with Crippen LogP contribution in [0.4, 0.5) is 5.69 Å². The van der Waals surface area contributed by atoms with Crippen LogP contribution < -0.4 is 0 Å². The van der Waals surface area contributed by atoms with Crippen molar-refractivity contribution in [3.8, 4) is 0 Å². The van der Waals surface area contributed by atoms with Crippen molar-refractivity contribution in [1.29, 1.82) is 0 Å². The molecule has 108 valence electrons. The number of aliphatic hydroxyl groups is 2. The summed E-state index contributed by atoms with van der Waals surface area (Å²) in [5.74, 6) is -0.714. The minimum absolute atomic E-state index is 0.0918. The van der Waals surface area contributed by atoms with E-state index >= 15 is 0 Å². The highest BCUT2D eigenvalue weighted by Gasteiger charge is 2.24. The number of benzene rings is 1. The molecule has 2 N–H and O–H groups in total. The quantitative estimate of drug-likeness (QED) is 0.334. The first-order chi connectivity index (χ1) is 9.40. The Morgan fingerprint density at radius 2 is 2.15 bits per heavy atom. The first kappa shape index (κ1) is 15.7. The fourth-order valence-electron chi connectivity index (χ4n) is 1.61. The van der Waals surface area contributed by atoms with E-state index in [1.54, 1.807) is 0 Å². The minimum atomic E-state index is -1.46. The van der Waals surface area contributed by atoms with Crippen molar-refractivity contribution < 1.29 is 29.5 Å². The molecule has 0 bridgehead atoms. The minimum Gasteiger partial charge on any atom is -0.469 e. The Labute approximate surface area is 113 Å². The number of aliphatic hydroxyl groups excluding tert-OH is 2. The van der Waals surface area contributed by atoms with Gasteiger partial charge in [0.1, 0.15) is 6.10 Å². The molecule has 0 aromatic heterocycles. The normalized spacial score (nSPS) is 13.3. The van der Waals surface area contributed by atoms with E-state index in [4.69, 9.17) is 0 Å². The molecule has 0 aliphatic carbocycles. The molecule has 0 aliphatic rings. The molecule has 0 amide bonds. The maximum atomic E-state index is 11.0. The van der Waals surface area contributed by atoms with E-state index < -0.39 is 35.2 Å². The van der Waals surface area contributed by atoms with Gasteiger partial charge in [-0.05, 0) is 17.7 Å². The van der Waals surface area contributed by atoms with Crippen molar-refractivity contribution in [1.82, 2.24) is 0 Å². The Morgan fingerprint density at radius 3 is 2.65 bits per heavy atom. The summed E-state index contributed by atoms with van der Waals surface area (Å²) in [6.45, 7) is 0. The highest BCUT2D eigenvalue weighted by molar-refractivity contribution is 5.81. The third-order valence-corrected chi connectivity index (χ3v) is 2.68. The number of methoxy groups -OCH3 is 1. The maximum absolute atomic E-state index is 11.0. The summed E-state index contributed by atoms with van der Waals surface area (Å²) < 4.78 is 4.35. The van der Waals surface area contributed by atoms with Crippen LogP contribution in [0.15, 0.2) is 18.2 Å². The van der Waals surface area contributed by atoms with Crippen molar-refractivity contribution in [3.63, 3.8) is 0 Å². The summed E-state index contributed by atoms with van der Waals surface area (Å²) in [4.78, 5) is 31.7. The lowest BCUT2D eigenvalue weighted by Gasteiger charge is -2.17. The lowest BCUT2D eigenvalue weighted by molar-refractivity contribution is -0.385. The highest BCUT2D eigenvalue weighted by atomic mass is 16.6. The van der Waals surface area contributed by atoms with E-state index in [9.17, 15) is 29.9 Å². The number of hydrogen-bond acceptors (Lipinski definition) is 7. The summed E-state index contributed by atoms with van der Waals surface area (Å²) >= 11 is 0. The molecule has 8 heteroatoms. The van der Waals surface area contributed by atoms with Crippen molar-refractivity contribution >= 4 is 17.9 Å². The van der Waals surface area contributed by atoms with E-state index in [1.807, 2.05) is 0 Å². The molecule has 0 aliphatic heterocycles. The molecule has 1 aromatic carbocycles. The van der Waals surface area contributed by atoms with E-state index in [-0.39, 0.29) is 17.4 Å². The summed E-state index contributed by atoms with van der Waals surface area (Å²) in [7, 11) is 1.14. The van der Waals surface area contributed by atoms with Crippen molar-refractivity contribution in [3.05, 3.63) is 39.4 Å². The Morgan fingerprint density at radius 1 is 1.50 bits per heavy atom. The zero-order valence-corrected chi connectivity index (χ0v) is 10.6. The molecule has 1 rings (SSSR count). The van der Waals surface area contributed by atoms with E-state index in [1.165, 1.54) is 6.07 Å². The van der Waals surface area contributed by atoms with Gasteiger partial charge in [0.25, 0.3) is 5.69 Å². The Bertz CT molecular complexity index is 529. The first-order valence-corrected chi connectivity index (χ1v) is 5.57. The third-order valence-electron chi connectivity index (χ3n) is 2.68. The number of nitro benzene ring substituents is 1. The molecular formula is C12H13NO7. The fraction of sp³-hybridized carbons (Fsp3) is 0.333. The zero-order valence-electron chi connectivity index (χ0n) is 10.6. The van der Waals surface area contributed by atoms with Gasteiger partial charge in [-0.1, -0.05) is 0 Å². The van der Waals surface area contributed by atoms with Crippen LogP contribution in [0.1, 0.15) is 28.4 Å². The Balaban J connectivity index is 2.99. The molecule has 0 spiro atoms. The Hall–Kier alpha value is -2.32. The SMILES string of the molecule is COC(=O)CC(O)C(O)c1ccc([N+](=O)[O-])c(C=O)c1. The topological polar surface area (TPSA) is 127 Å². The summed E-state index contributed by atoms with van der Waals surface area (Å²) in [6.07, 6.45) is -3.07. The van der Waals surface area contributed by atoms with Crippen LogP contribution in [0, 0.1) is 10.1 Å². The van der Waals surface area contributed by atoms with Gasteiger partial charge < -0.3 is 14.9 Å². The number of ether oxygens (including phenoxy) is 1. The fourth-order valence-corrected chi connectivity index (χ4v) is 1.61. The standard InChI is InChI=1S/C12H13NO7/c1-20-11(16)5-10(15)12(17)7-2-3-9(13(18)19)8(4-7)6-14/h2-4,6,10,12,15,17H,5H2,1H3. The second-order valence-electron chi connectivity index (χ2n) is 3.99. The van der Waals surface area contributed by atoms with Gasteiger partial charge in [0.05, 0.1) is 30.1 Å². The lowest BCUT2D eigenvalue weighted by Crippen LogP contribution is -2.22. The summed E-state index contributed by atoms with van der Waals surface area (Å²) in [5, 5.41) is 30.1. The van der Waals surface area contributed by atoms with Crippen LogP contribution in [0.5, 0.6) is 0 Å². The average Bonchev–Trinajstić information content (AvgIpc) is 2.45. The number of nitro groups is 1. The van der Waals surface area contributed by atoms with E-state index in [2.05, 4.69) is 4.74 Å². The molecule has 8 nitrogen and oxygen atoms in total. The van der Waals surface area contributed by atoms with Gasteiger partial charge >= 0.3 is 5.97 Å². The van der Waals surface area contributed by atoms with Crippen molar-refractivity contribution in [2.75, 3.05) is 7.11 Å². The number of aldehydes is 1. The van der Waals surface area contributed by atoms with Crippen LogP contribution in [-0.2, 0) is 9.53 Å². The first-order valence-electron chi connectivity index (χ1n) is 5.57. The number of carbonyl (C=O) groups is 2. The smallest absolute Gasteiger partial charge is 0.308 e. The van der Waals surface area contributed by atoms with Gasteiger partial charge in [-0.15, -0.1) is 0 Å². The number of hydrogen-bond donors (Lipinski definition) is 2. The van der Waals surface area contributed by atoms with Crippen LogP contribution in [-0.4, -0.2) is 40.6 Å². The molecule has 20 heavy (non-hydrogen) atoms. The predicted octanol–water partition coefficient (Wildman–Crippen LogP) is 0.365. The second kappa shape index (κ2) is 6.73. The summed E-state index contributed by atoms with van der Waals surface area (Å²) in [6, 6.07) is 3.35. The van der Waals surface area contributed by atoms with Gasteiger partial charge in [0.2, 0.25) is 0 Å². The zero-order chi connectivity index (χ0) is 15.3. The van der Waals surface area contributed by atoms with Crippen LogP contribution in [0.2, 0.25) is 0 Å². The Kier molecular flexibility index (Phi) is 5.30. The molecular weight excluding hydrogens is 270 g/mol. The monoisotopic (exact) mass is 283 g/mol. The van der Waals surface area contributed by atoms with E-state index in [0.717, 1.165) is 19.2 Å². The van der Waals surface area contributed by atoms with Crippen LogP contribution >= 0.6 is 0 Å². The van der Waals surface area contributed by atoms with Crippen molar-refractivity contribution in [2.24, 2.45) is 0 Å². The van der Waals surface area contributed by atoms with Crippen LogP contribution in [0.25, 0.3) is 0 Å². The largest absolute Gasteiger partial charge is 0.469 e. The van der Waals surface area contributed by atoms with Gasteiger partial charge in [0, 0.05) is 6.07 Å². The maximum Gasteiger partial charge on any atom is 0.308 e. The number of esters is 1. The predicted molar refractivity (Wildman–Crippen MR) is 66.1 cm³/mol. The number of nitrogens with zero attached hydrogens (tertiary/aromatic N) is 1. The van der Waals surface area contributed by atoms with Crippen molar-refractivity contribution in [2.45, 2.75) is 18.6 Å². The molecule has 0 saturated heterocycles. The molecule has 0 saturated carbocycles. The number of rotatable bonds is 6. The number of carbonyl (C=O) groups excluding carboxylic acids is 2. The lowest BCUT2D eigenvalue weighted by atomic mass is 9.99. The van der Waals surface area contributed by atoms with Gasteiger partial charge in [-0.3, -0.25) is 19.7 Å². The summed E-state index contributed by atoms with van der Waals surface area (Å²) in [5.41, 5.74) is -0.538. The third kappa shape index (κ3) is 3.59. The molecule has 0 fully saturated rings. The van der Waals surface area contributed by atoms with E-state index in [0.29, 0.717) is 0 Å².